The number of aliphatic hydroxyl groups is 1. The van der Waals surface area contributed by atoms with E-state index in [2.05, 4.69) is 10.6 Å². The molecule has 1 rings (SSSR count). The van der Waals surface area contributed by atoms with Gasteiger partial charge in [-0.25, -0.2) is 0 Å². The Labute approximate surface area is 139 Å². The minimum absolute atomic E-state index is 0.0596. The molecule has 0 aromatic heterocycles. The topological polar surface area (TPSA) is 87.7 Å². The number of aliphatic hydroxyl groups excluding tert-OH is 1. The third-order valence-corrected chi connectivity index (χ3v) is 4.50. The maximum Gasteiger partial charge on any atom is 0.220 e. The van der Waals surface area contributed by atoms with E-state index in [1.54, 1.807) is 7.11 Å². The quantitative estimate of drug-likeness (QED) is 0.596. The third-order valence-electron chi connectivity index (χ3n) is 4.50. The van der Waals surface area contributed by atoms with Gasteiger partial charge in [-0.3, -0.25) is 9.59 Å². The molecule has 1 saturated carbocycles. The van der Waals surface area contributed by atoms with Gasteiger partial charge in [0.2, 0.25) is 11.8 Å². The Morgan fingerprint density at radius 1 is 1.13 bits per heavy atom. The average molecular weight is 328 g/mol. The van der Waals surface area contributed by atoms with Crippen LogP contribution in [0.25, 0.3) is 0 Å². The van der Waals surface area contributed by atoms with Gasteiger partial charge >= 0.3 is 0 Å². The molecule has 134 valence electrons. The molecule has 0 aromatic carbocycles. The van der Waals surface area contributed by atoms with Gasteiger partial charge < -0.3 is 20.5 Å². The van der Waals surface area contributed by atoms with Gasteiger partial charge in [0.15, 0.2) is 0 Å². The fourth-order valence-electron chi connectivity index (χ4n) is 2.79. The van der Waals surface area contributed by atoms with Gasteiger partial charge in [-0.05, 0) is 37.5 Å². The van der Waals surface area contributed by atoms with Crippen LogP contribution >= 0.6 is 0 Å². The summed E-state index contributed by atoms with van der Waals surface area (Å²) in [6.07, 6.45) is 5.20. The molecule has 3 N–H and O–H groups in total. The molecule has 0 radical (unpaired) electrons. The van der Waals surface area contributed by atoms with Crippen LogP contribution in [0.2, 0.25) is 0 Å². The molecule has 0 spiro atoms. The van der Waals surface area contributed by atoms with Crippen LogP contribution in [-0.2, 0) is 14.3 Å². The second-order valence-electron chi connectivity index (χ2n) is 7.19. The SMILES string of the molecule is COC1CCC(NC(=O)CCC(=O)NCC(C)(C)CCO)CC1. The fourth-order valence-corrected chi connectivity index (χ4v) is 2.79. The van der Waals surface area contributed by atoms with Crippen LogP contribution in [0.1, 0.15) is 58.8 Å². The van der Waals surface area contributed by atoms with Crippen molar-refractivity contribution in [3.63, 3.8) is 0 Å². The lowest BCUT2D eigenvalue weighted by atomic mass is 9.90. The van der Waals surface area contributed by atoms with Crippen molar-refractivity contribution in [1.29, 1.82) is 0 Å². The van der Waals surface area contributed by atoms with Crippen molar-refractivity contribution in [3.8, 4) is 0 Å². The van der Waals surface area contributed by atoms with Crippen LogP contribution in [-0.4, -0.2) is 49.3 Å². The fraction of sp³-hybridized carbons (Fsp3) is 0.882. The Morgan fingerprint density at radius 3 is 2.30 bits per heavy atom. The smallest absolute Gasteiger partial charge is 0.220 e. The van der Waals surface area contributed by atoms with E-state index >= 15 is 0 Å². The van der Waals surface area contributed by atoms with Crippen molar-refractivity contribution >= 4 is 11.8 Å². The van der Waals surface area contributed by atoms with Crippen molar-refractivity contribution in [3.05, 3.63) is 0 Å². The predicted octanol–water partition coefficient (Wildman–Crippen LogP) is 1.37. The molecule has 6 nitrogen and oxygen atoms in total. The average Bonchev–Trinajstić information content (AvgIpc) is 2.52. The number of hydrogen-bond donors (Lipinski definition) is 3. The van der Waals surface area contributed by atoms with E-state index < -0.39 is 0 Å². The van der Waals surface area contributed by atoms with Gasteiger partial charge in [-0.2, -0.15) is 0 Å². The highest BCUT2D eigenvalue weighted by molar-refractivity contribution is 5.83. The van der Waals surface area contributed by atoms with Crippen LogP contribution in [0.3, 0.4) is 0 Å². The second-order valence-corrected chi connectivity index (χ2v) is 7.19. The Morgan fingerprint density at radius 2 is 1.74 bits per heavy atom. The molecule has 1 fully saturated rings. The summed E-state index contributed by atoms with van der Waals surface area (Å²) in [7, 11) is 1.73. The van der Waals surface area contributed by atoms with Crippen LogP contribution in [0.5, 0.6) is 0 Å². The van der Waals surface area contributed by atoms with Gasteiger partial charge in [0.05, 0.1) is 6.10 Å². The van der Waals surface area contributed by atoms with E-state index in [1.807, 2.05) is 13.8 Å². The van der Waals surface area contributed by atoms with E-state index in [1.165, 1.54) is 0 Å². The zero-order valence-electron chi connectivity index (χ0n) is 14.7. The number of ether oxygens (including phenoxy) is 1. The summed E-state index contributed by atoms with van der Waals surface area (Å²) in [6, 6.07) is 0.209. The standard InChI is InChI=1S/C17H32N2O4/c1-17(2,10-11-20)12-18-15(21)8-9-16(22)19-13-4-6-14(23-3)7-5-13/h13-14,20H,4-12H2,1-3H3,(H,18,21)(H,19,22). The van der Waals surface area contributed by atoms with Crippen molar-refractivity contribution in [2.24, 2.45) is 5.41 Å². The molecule has 0 saturated heterocycles. The first-order chi connectivity index (χ1) is 10.9. The van der Waals surface area contributed by atoms with Gasteiger partial charge in [0, 0.05) is 39.1 Å². The number of carbonyl (C=O) groups excluding carboxylic acids is 2. The molecule has 0 bridgehead atoms. The van der Waals surface area contributed by atoms with Gasteiger partial charge in [0.25, 0.3) is 0 Å². The third kappa shape index (κ3) is 8.32. The van der Waals surface area contributed by atoms with Gasteiger partial charge in [-0.15, -0.1) is 0 Å². The molecular formula is C17H32N2O4. The highest BCUT2D eigenvalue weighted by Crippen LogP contribution is 2.20. The summed E-state index contributed by atoms with van der Waals surface area (Å²) >= 11 is 0. The van der Waals surface area contributed by atoms with Crippen molar-refractivity contribution < 1.29 is 19.4 Å². The monoisotopic (exact) mass is 328 g/mol. The predicted molar refractivity (Wildman–Crippen MR) is 88.9 cm³/mol. The van der Waals surface area contributed by atoms with Crippen LogP contribution in [0.4, 0.5) is 0 Å². The summed E-state index contributed by atoms with van der Waals surface area (Å²) in [6.45, 7) is 4.60. The molecule has 6 heteroatoms. The lowest BCUT2D eigenvalue weighted by Gasteiger charge is -2.28. The molecule has 1 aliphatic carbocycles. The zero-order chi connectivity index (χ0) is 17.3. The first-order valence-electron chi connectivity index (χ1n) is 8.56. The Hall–Kier alpha value is -1.14. The molecule has 0 atom stereocenters. The summed E-state index contributed by atoms with van der Waals surface area (Å²) in [5.41, 5.74) is -0.132. The summed E-state index contributed by atoms with van der Waals surface area (Å²) in [4.78, 5) is 23.7. The van der Waals surface area contributed by atoms with E-state index in [0.717, 1.165) is 25.7 Å². The highest BCUT2D eigenvalue weighted by atomic mass is 16.5. The largest absolute Gasteiger partial charge is 0.396 e. The number of nitrogens with one attached hydrogen (secondary N) is 2. The maximum atomic E-state index is 11.9. The van der Waals surface area contributed by atoms with E-state index in [4.69, 9.17) is 9.84 Å². The molecule has 0 heterocycles. The lowest BCUT2D eigenvalue weighted by Crippen LogP contribution is -2.39. The number of amides is 2. The minimum Gasteiger partial charge on any atom is -0.396 e. The summed E-state index contributed by atoms with van der Waals surface area (Å²) < 4.78 is 5.31. The van der Waals surface area contributed by atoms with Crippen molar-refractivity contribution in [1.82, 2.24) is 10.6 Å². The normalized spacial score (nSPS) is 21.7. The minimum atomic E-state index is -0.132. The number of methoxy groups -OCH3 is 1. The van der Waals surface area contributed by atoms with Crippen molar-refractivity contribution in [2.45, 2.75) is 70.9 Å². The molecule has 2 amide bonds. The molecular weight excluding hydrogens is 296 g/mol. The van der Waals surface area contributed by atoms with Gasteiger partial charge in [0.1, 0.15) is 0 Å². The Bertz CT molecular complexity index is 377. The summed E-state index contributed by atoms with van der Waals surface area (Å²) in [5, 5.41) is 14.8. The highest BCUT2D eigenvalue weighted by Gasteiger charge is 2.22. The number of carbonyl (C=O) groups is 2. The van der Waals surface area contributed by atoms with E-state index in [-0.39, 0.29) is 42.7 Å². The van der Waals surface area contributed by atoms with Crippen LogP contribution in [0, 0.1) is 5.41 Å². The number of rotatable bonds is 9. The first-order valence-corrected chi connectivity index (χ1v) is 8.56. The lowest BCUT2D eigenvalue weighted by molar-refractivity contribution is -0.127. The molecule has 0 unspecified atom stereocenters. The van der Waals surface area contributed by atoms with Gasteiger partial charge in [-0.1, -0.05) is 13.8 Å². The van der Waals surface area contributed by atoms with E-state index in [9.17, 15) is 9.59 Å². The van der Waals surface area contributed by atoms with Crippen LogP contribution < -0.4 is 10.6 Å². The molecule has 0 aromatic rings. The number of hydrogen-bond acceptors (Lipinski definition) is 4. The second kappa shape index (κ2) is 9.88. The molecule has 1 aliphatic rings. The van der Waals surface area contributed by atoms with Crippen molar-refractivity contribution in [2.75, 3.05) is 20.3 Å². The first kappa shape index (κ1) is 19.9. The van der Waals surface area contributed by atoms with E-state index in [0.29, 0.717) is 19.1 Å². The Kier molecular flexibility index (Phi) is 8.55. The molecule has 0 aliphatic heterocycles. The molecule has 23 heavy (non-hydrogen) atoms. The maximum absolute atomic E-state index is 11.9. The summed E-state index contributed by atoms with van der Waals surface area (Å²) in [5.74, 6) is -0.176. The zero-order valence-corrected chi connectivity index (χ0v) is 14.7. The van der Waals surface area contributed by atoms with Crippen LogP contribution in [0.15, 0.2) is 0 Å². The Balaban J connectivity index is 2.17.